The Bertz CT molecular complexity index is 531. The van der Waals surface area contributed by atoms with E-state index in [2.05, 4.69) is 5.32 Å². The number of benzene rings is 1. The first kappa shape index (κ1) is 12.6. The Hall–Kier alpha value is -1.45. The van der Waals surface area contributed by atoms with Crippen molar-refractivity contribution in [2.24, 2.45) is 0 Å². The van der Waals surface area contributed by atoms with E-state index in [-0.39, 0.29) is 0 Å². The zero-order valence-electron chi connectivity index (χ0n) is 10.6. The maximum Gasteiger partial charge on any atom is 0.146 e. The minimum atomic E-state index is 0.436. The van der Waals surface area contributed by atoms with Gasteiger partial charge in [-0.25, -0.2) is 0 Å². The molecule has 4 heteroatoms. The van der Waals surface area contributed by atoms with Gasteiger partial charge in [0.2, 0.25) is 0 Å². The zero-order chi connectivity index (χ0) is 13.1. The molecule has 0 spiro atoms. The third-order valence-electron chi connectivity index (χ3n) is 3.08. The number of furan rings is 1. The molecule has 1 heterocycles. The highest BCUT2D eigenvalue weighted by Crippen LogP contribution is 2.20. The van der Waals surface area contributed by atoms with E-state index >= 15 is 0 Å². The second-order valence-corrected chi connectivity index (χ2v) is 5.26. The van der Waals surface area contributed by atoms with E-state index in [1.807, 2.05) is 30.3 Å². The summed E-state index contributed by atoms with van der Waals surface area (Å²) in [4.78, 5) is 0. The SMILES string of the molecule is Clc1ccc(OCc2cc(CNC3CC3)co2)cc1. The first-order valence-corrected chi connectivity index (χ1v) is 6.85. The van der Waals surface area contributed by atoms with Crippen LogP contribution in [0.2, 0.25) is 5.02 Å². The van der Waals surface area contributed by atoms with E-state index in [1.54, 1.807) is 6.26 Å². The predicted molar refractivity (Wildman–Crippen MR) is 74.4 cm³/mol. The third-order valence-corrected chi connectivity index (χ3v) is 3.33. The van der Waals surface area contributed by atoms with Gasteiger partial charge in [0.15, 0.2) is 0 Å². The van der Waals surface area contributed by atoms with Crippen LogP contribution < -0.4 is 10.1 Å². The molecule has 1 fully saturated rings. The summed E-state index contributed by atoms with van der Waals surface area (Å²) in [5.74, 6) is 1.63. The summed E-state index contributed by atoms with van der Waals surface area (Å²) in [6.45, 7) is 1.31. The highest BCUT2D eigenvalue weighted by atomic mass is 35.5. The molecule has 0 atom stereocenters. The Morgan fingerprint density at radius 1 is 1.26 bits per heavy atom. The number of nitrogens with one attached hydrogen (secondary N) is 1. The molecule has 1 aliphatic carbocycles. The number of hydrogen-bond donors (Lipinski definition) is 1. The highest BCUT2D eigenvalue weighted by molar-refractivity contribution is 6.30. The summed E-state index contributed by atoms with van der Waals surface area (Å²) in [5.41, 5.74) is 1.17. The Kier molecular flexibility index (Phi) is 3.76. The van der Waals surface area contributed by atoms with Crippen molar-refractivity contribution in [2.45, 2.75) is 32.0 Å². The molecule has 0 amide bonds. The molecule has 0 saturated heterocycles. The molecule has 1 N–H and O–H groups in total. The fourth-order valence-corrected chi connectivity index (χ4v) is 1.96. The fraction of sp³-hybridized carbons (Fsp3) is 0.333. The maximum absolute atomic E-state index is 5.82. The first-order valence-electron chi connectivity index (χ1n) is 6.47. The number of ether oxygens (including phenoxy) is 1. The van der Waals surface area contributed by atoms with Crippen LogP contribution >= 0.6 is 11.6 Å². The van der Waals surface area contributed by atoms with Crippen molar-refractivity contribution in [3.05, 3.63) is 52.9 Å². The molecule has 1 aliphatic rings. The Morgan fingerprint density at radius 3 is 2.79 bits per heavy atom. The largest absolute Gasteiger partial charge is 0.486 e. The van der Waals surface area contributed by atoms with Crippen LogP contribution in [-0.2, 0) is 13.2 Å². The van der Waals surface area contributed by atoms with Crippen LogP contribution in [-0.4, -0.2) is 6.04 Å². The average molecular weight is 278 g/mol. The molecule has 3 rings (SSSR count). The molecule has 0 bridgehead atoms. The van der Waals surface area contributed by atoms with Crippen LogP contribution in [0.15, 0.2) is 41.0 Å². The summed E-state index contributed by atoms with van der Waals surface area (Å²) >= 11 is 5.82. The summed E-state index contributed by atoms with van der Waals surface area (Å²) in [7, 11) is 0. The van der Waals surface area contributed by atoms with Gasteiger partial charge in [-0.3, -0.25) is 0 Å². The van der Waals surface area contributed by atoms with Gasteiger partial charge in [0.05, 0.1) is 6.26 Å². The van der Waals surface area contributed by atoms with Crippen molar-refractivity contribution in [1.82, 2.24) is 5.32 Å². The Morgan fingerprint density at radius 2 is 2.05 bits per heavy atom. The van der Waals surface area contributed by atoms with Crippen LogP contribution in [0.25, 0.3) is 0 Å². The molecular formula is C15H16ClNO2. The average Bonchev–Trinajstić information content (AvgIpc) is 3.15. The van der Waals surface area contributed by atoms with E-state index in [1.165, 1.54) is 18.4 Å². The summed E-state index contributed by atoms with van der Waals surface area (Å²) in [6.07, 6.45) is 4.38. The van der Waals surface area contributed by atoms with Crippen molar-refractivity contribution in [3.8, 4) is 5.75 Å². The van der Waals surface area contributed by atoms with Crippen LogP contribution in [0.3, 0.4) is 0 Å². The second-order valence-electron chi connectivity index (χ2n) is 4.82. The lowest BCUT2D eigenvalue weighted by Crippen LogP contribution is -2.14. The minimum Gasteiger partial charge on any atom is -0.486 e. The smallest absolute Gasteiger partial charge is 0.146 e. The predicted octanol–water partition coefficient (Wildman–Crippen LogP) is 3.76. The molecule has 1 aromatic carbocycles. The summed E-state index contributed by atoms with van der Waals surface area (Å²) < 4.78 is 11.1. The molecule has 1 aromatic heterocycles. The second kappa shape index (κ2) is 5.68. The van der Waals surface area contributed by atoms with Gasteiger partial charge in [-0.1, -0.05) is 11.6 Å². The lowest BCUT2D eigenvalue weighted by molar-refractivity contribution is 0.270. The Balaban J connectivity index is 1.50. The summed E-state index contributed by atoms with van der Waals surface area (Å²) in [6, 6.07) is 10.1. The monoisotopic (exact) mass is 277 g/mol. The van der Waals surface area contributed by atoms with Gasteiger partial charge in [0.25, 0.3) is 0 Å². The molecule has 3 nitrogen and oxygen atoms in total. The fourth-order valence-electron chi connectivity index (χ4n) is 1.83. The van der Waals surface area contributed by atoms with Crippen molar-refractivity contribution in [2.75, 3.05) is 0 Å². The topological polar surface area (TPSA) is 34.4 Å². The van der Waals surface area contributed by atoms with Gasteiger partial charge in [-0.15, -0.1) is 0 Å². The molecule has 0 aliphatic heterocycles. The van der Waals surface area contributed by atoms with Crippen molar-refractivity contribution < 1.29 is 9.15 Å². The van der Waals surface area contributed by atoms with E-state index in [0.29, 0.717) is 17.7 Å². The molecule has 0 unspecified atom stereocenters. The summed E-state index contributed by atoms with van der Waals surface area (Å²) in [5, 5.41) is 4.16. The van der Waals surface area contributed by atoms with Crippen LogP contribution in [0.4, 0.5) is 0 Å². The molecule has 19 heavy (non-hydrogen) atoms. The lowest BCUT2D eigenvalue weighted by Gasteiger charge is -2.03. The maximum atomic E-state index is 5.82. The lowest BCUT2D eigenvalue weighted by atomic mass is 10.3. The van der Waals surface area contributed by atoms with Crippen molar-refractivity contribution >= 4 is 11.6 Å². The van der Waals surface area contributed by atoms with Gasteiger partial charge >= 0.3 is 0 Å². The van der Waals surface area contributed by atoms with Crippen LogP contribution in [0.5, 0.6) is 5.75 Å². The first-order chi connectivity index (χ1) is 9.29. The van der Waals surface area contributed by atoms with Gasteiger partial charge in [0.1, 0.15) is 18.1 Å². The van der Waals surface area contributed by atoms with E-state index in [4.69, 9.17) is 20.8 Å². The van der Waals surface area contributed by atoms with Gasteiger partial charge in [-0.2, -0.15) is 0 Å². The number of rotatable bonds is 6. The van der Waals surface area contributed by atoms with Crippen LogP contribution in [0.1, 0.15) is 24.2 Å². The highest BCUT2D eigenvalue weighted by Gasteiger charge is 2.20. The number of halogens is 1. The molecule has 2 aromatic rings. The number of hydrogen-bond acceptors (Lipinski definition) is 3. The van der Waals surface area contributed by atoms with Gasteiger partial charge < -0.3 is 14.5 Å². The quantitative estimate of drug-likeness (QED) is 0.873. The minimum absolute atomic E-state index is 0.436. The molecule has 100 valence electrons. The third kappa shape index (κ3) is 3.75. The van der Waals surface area contributed by atoms with Gasteiger partial charge in [0, 0.05) is 23.2 Å². The van der Waals surface area contributed by atoms with E-state index in [9.17, 15) is 0 Å². The standard InChI is InChI=1S/C15H16ClNO2/c16-12-1-5-14(6-2-12)19-10-15-7-11(9-18-15)8-17-13-3-4-13/h1-2,5-7,9,13,17H,3-4,8,10H2. The van der Waals surface area contributed by atoms with E-state index < -0.39 is 0 Å². The molecule has 0 radical (unpaired) electrons. The normalized spacial score (nSPS) is 14.6. The Labute approximate surface area is 117 Å². The van der Waals surface area contributed by atoms with Crippen molar-refractivity contribution in [1.29, 1.82) is 0 Å². The molecule has 1 saturated carbocycles. The van der Waals surface area contributed by atoms with Crippen molar-refractivity contribution in [3.63, 3.8) is 0 Å². The van der Waals surface area contributed by atoms with E-state index in [0.717, 1.165) is 18.1 Å². The van der Waals surface area contributed by atoms with Crippen LogP contribution in [0, 0.1) is 0 Å². The zero-order valence-corrected chi connectivity index (χ0v) is 11.3. The molecular weight excluding hydrogens is 262 g/mol. The van der Waals surface area contributed by atoms with Gasteiger partial charge in [-0.05, 0) is 43.2 Å².